The van der Waals surface area contributed by atoms with E-state index in [-0.39, 0.29) is 5.70 Å². The Morgan fingerprint density at radius 3 is 2.50 bits per heavy atom. The first kappa shape index (κ1) is 7.01. The molecular formula is C5H8NO2-. The van der Waals surface area contributed by atoms with Crippen LogP contribution < -0.4 is 10.8 Å². The second-order valence-corrected chi connectivity index (χ2v) is 1.36. The summed E-state index contributed by atoms with van der Waals surface area (Å²) in [6.07, 6.45) is 2.02. The van der Waals surface area contributed by atoms with Gasteiger partial charge in [0, 0.05) is 0 Å². The molecule has 0 radical (unpaired) electrons. The Hall–Kier alpha value is -0.990. The van der Waals surface area contributed by atoms with Gasteiger partial charge in [-0.25, -0.2) is 0 Å². The summed E-state index contributed by atoms with van der Waals surface area (Å²) >= 11 is 0. The fourth-order valence-corrected chi connectivity index (χ4v) is 0.303. The minimum Gasteiger partial charge on any atom is -0.543 e. The maximum atomic E-state index is 9.78. The lowest BCUT2D eigenvalue weighted by Gasteiger charge is -1.98. The Morgan fingerprint density at radius 1 is 1.88 bits per heavy atom. The van der Waals surface area contributed by atoms with Crippen LogP contribution >= 0.6 is 0 Å². The second kappa shape index (κ2) is 3.07. The summed E-state index contributed by atoms with van der Waals surface area (Å²) in [5, 5.41) is 9.78. The van der Waals surface area contributed by atoms with Gasteiger partial charge in [0.25, 0.3) is 0 Å². The third-order valence-corrected chi connectivity index (χ3v) is 0.660. The molecule has 0 aromatic carbocycles. The van der Waals surface area contributed by atoms with Crippen molar-refractivity contribution >= 4 is 5.97 Å². The maximum absolute atomic E-state index is 9.78. The van der Waals surface area contributed by atoms with Gasteiger partial charge in [0.2, 0.25) is 0 Å². The highest BCUT2D eigenvalue weighted by molar-refractivity contribution is 5.83. The number of carbonyl (C=O) groups is 1. The Balaban J connectivity index is 3.80. The molecule has 0 amide bonds. The van der Waals surface area contributed by atoms with Crippen LogP contribution in [0, 0.1) is 0 Å². The van der Waals surface area contributed by atoms with E-state index in [0.29, 0.717) is 6.42 Å². The van der Waals surface area contributed by atoms with Crippen LogP contribution in [0.2, 0.25) is 0 Å². The van der Waals surface area contributed by atoms with E-state index in [2.05, 4.69) is 0 Å². The van der Waals surface area contributed by atoms with Crippen molar-refractivity contribution in [3.63, 3.8) is 0 Å². The summed E-state index contributed by atoms with van der Waals surface area (Å²) < 4.78 is 0. The van der Waals surface area contributed by atoms with Crippen LogP contribution in [-0.4, -0.2) is 5.97 Å². The van der Waals surface area contributed by atoms with E-state index in [1.54, 1.807) is 6.92 Å². The molecule has 3 heteroatoms. The van der Waals surface area contributed by atoms with E-state index in [1.165, 1.54) is 6.08 Å². The molecule has 0 unspecified atom stereocenters. The third-order valence-electron chi connectivity index (χ3n) is 0.660. The Bertz CT molecular complexity index is 118. The van der Waals surface area contributed by atoms with E-state index in [1.807, 2.05) is 0 Å². The SMILES string of the molecule is CC/C=C(\N)C(=O)[O-]. The predicted molar refractivity (Wildman–Crippen MR) is 27.6 cm³/mol. The number of nitrogens with two attached hydrogens (primary N) is 1. The van der Waals surface area contributed by atoms with Crippen molar-refractivity contribution in [3.05, 3.63) is 11.8 Å². The molecule has 8 heavy (non-hydrogen) atoms. The first-order valence-electron chi connectivity index (χ1n) is 2.35. The van der Waals surface area contributed by atoms with E-state index in [9.17, 15) is 9.90 Å². The first-order chi connectivity index (χ1) is 3.68. The van der Waals surface area contributed by atoms with Crippen molar-refractivity contribution < 1.29 is 9.90 Å². The number of hydrogen-bond acceptors (Lipinski definition) is 3. The van der Waals surface area contributed by atoms with E-state index in [0.717, 1.165) is 0 Å². The Kier molecular flexibility index (Phi) is 2.69. The van der Waals surface area contributed by atoms with Crippen LogP contribution in [0.4, 0.5) is 0 Å². The molecule has 0 saturated carbocycles. The lowest BCUT2D eigenvalue weighted by molar-refractivity contribution is -0.299. The van der Waals surface area contributed by atoms with Crippen LogP contribution in [0.5, 0.6) is 0 Å². The predicted octanol–water partition coefficient (Wildman–Crippen LogP) is -1.01. The molecule has 0 aliphatic rings. The van der Waals surface area contributed by atoms with Crippen LogP contribution in [0.15, 0.2) is 11.8 Å². The van der Waals surface area contributed by atoms with Gasteiger partial charge in [-0.1, -0.05) is 13.0 Å². The average Bonchev–Trinajstić information content (AvgIpc) is 1.67. The zero-order chi connectivity index (χ0) is 6.57. The molecule has 0 heterocycles. The van der Waals surface area contributed by atoms with Crippen molar-refractivity contribution in [1.82, 2.24) is 0 Å². The summed E-state index contributed by atoms with van der Waals surface area (Å²) in [6, 6.07) is 0. The summed E-state index contributed by atoms with van der Waals surface area (Å²) in [7, 11) is 0. The van der Waals surface area contributed by atoms with Crippen LogP contribution in [0.1, 0.15) is 13.3 Å². The summed E-state index contributed by atoms with van der Waals surface area (Å²) in [4.78, 5) is 9.78. The minimum atomic E-state index is -1.30. The molecule has 0 fully saturated rings. The first-order valence-corrected chi connectivity index (χ1v) is 2.35. The quantitative estimate of drug-likeness (QED) is 0.468. The van der Waals surface area contributed by atoms with Crippen LogP contribution in [-0.2, 0) is 4.79 Å². The largest absolute Gasteiger partial charge is 0.543 e. The molecule has 0 aliphatic carbocycles. The smallest absolute Gasteiger partial charge is 0.0869 e. The number of allylic oxidation sites excluding steroid dienone is 1. The topological polar surface area (TPSA) is 66.2 Å². The monoisotopic (exact) mass is 114 g/mol. The maximum Gasteiger partial charge on any atom is 0.0869 e. The summed E-state index contributed by atoms with van der Waals surface area (Å²) in [6.45, 7) is 1.80. The summed E-state index contributed by atoms with van der Waals surface area (Å²) in [5.41, 5.74) is 4.74. The number of carboxylic acids is 1. The van der Waals surface area contributed by atoms with Crippen molar-refractivity contribution in [2.24, 2.45) is 5.73 Å². The van der Waals surface area contributed by atoms with Gasteiger partial charge in [-0.15, -0.1) is 0 Å². The highest BCUT2D eigenvalue weighted by atomic mass is 16.4. The zero-order valence-corrected chi connectivity index (χ0v) is 4.68. The average molecular weight is 114 g/mol. The van der Waals surface area contributed by atoms with E-state index in [4.69, 9.17) is 5.73 Å². The highest BCUT2D eigenvalue weighted by Crippen LogP contribution is 1.83. The van der Waals surface area contributed by atoms with Crippen molar-refractivity contribution in [3.8, 4) is 0 Å². The van der Waals surface area contributed by atoms with Gasteiger partial charge in [0.1, 0.15) is 0 Å². The number of aliphatic carboxylic acids is 1. The van der Waals surface area contributed by atoms with Gasteiger partial charge in [-0.2, -0.15) is 0 Å². The van der Waals surface area contributed by atoms with E-state index >= 15 is 0 Å². The molecule has 0 spiro atoms. The molecule has 0 rings (SSSR count). The zero-order valence-electron chi connectivity index (χ0n) is 4.68. The minimum absolute atomic E-state index is 0.187. The van der Waals surface area contributed by atoms with Crippen LogP contribution in [0.25, 0.3) is 0 Å². The number of rotatable bonds is 2. The van der Waals surface area contributed by atoms with Gasteiger partial charge >= 0.3 is 0 Å². The van der Waals surface area contributed by atoms with Gasteiger partial charge in [-0.3, -0.25) is 0 Å². The molecule has 0 aromatic heterocycles. The lowest BCUT2D eigenvalue weighted by Crippen LogP contribution is -2.28. The molecule has 0 atom stereocenters. The number of hydrogen-bond donors (Lipinski definition) is 1. The molecular weight excluding hydrogens is 106 g/mol. The molecule has 0 aliphatic heterocycles. The normalized spacial score (nSPS) is 11.4. The van der Waals surface area contributed by atoms with Gasteiger partial charge in [0.05, 0.1) is 11.7 Å². The lowest BCUT2D eigenvalue weighted by atomic mass is 10.3. The second-order valence-electron chi connectivity index (χ2n) is 1.36. The van der Waals surface area contributed by atoms with Gasteiger partial charge in [-0.05, 0) is 6.42 Å². The molecule has 0 saturated heterocycles. The fourth-order valence-electron chi connectivity index (χ4n) is 0.303. The number of carboxylic acid groups (broad SMARTS) is 1. The third kappa shape index (κ3) is 2.23. The van der Waals surface area contributed by atoms with Gasteiger partial charge < -0.3 is 15.6 Å². The Labute approximate surface area is 47.8 Å². The summed E-state index contributed by atoms with van der Waals surface area (Å²) in [5.74, 6) is -1.30. The number of carbonyl (C=O) groups excluding carboxylic acids is 1. The van der Waals surface area contributed by atoms with Crippen molar-refractivity contribution in [2.45, 2.75) is 13.3 Å². The molecule has 3 nitrogen and oxygen atoms in total. The standard InChI is InChI=1S/C5H9NO2/c1-2-3-4(6)5(7)8/h3H,2,6H2,1H3,(H,7,8)/p-1/b4-3-. The van der Waals surface area contributed by atoms with Crippen LogP contribution in [0.3, 0.4) is 0 Å². The fraction of sp³-hybridized carbons (Fsp3) is 0.400. The van der Waals surface area contributed by atoms with Crippen molar-refractivity contribution in [1.29, 1.82) is 0 Å². The van der Waals surface area contributed by atoms with Crippen molar-refractivity contribution in [2.75, 3.05) is 0 Å². The highest BCUT2D eigenvalue weighted by Gasteiger charge is 1.84. The van der Waals surface area contributed by atoms with E-state index < -0.39 is 5.97 Å². The molecule has 0 bridgehead atoms. The molecule has 2 N–H and O–H groups in total. The Morgan fingerprint density at radius 2 is 2.38 bits per heavy atom. The molecule has 46 valence electrons. The van der Waals surface area contributed by atoms with Gasteiger partial charge in [0.15, 0.2) is 0 Å². The molecule has 0 aromatic rings.